The van der Waals surface area contributed by atoms with Crippen LogP contribution in [0, 0.1) is 11.3 Å². The van der Waals surface area contributed by atoms with Gasteiger partial charge in [0, 0.05) is 6.20 Å². The predicted octanol–water partition coefficient (Wildman–Crippen LogP) is 2.41. The lowest BCUT2D eigenvalue weighted by molar-refractivity contribution is 1.32. The molecule has 1 N–H and O–H groups in total. The molecule has 0 unspecified atom stereocenters. The minimum atomic E-state index is 0.543. The fourth-order valence-corrected chi connectivity index (χ4v) is 1.09. The van der Waals surface area contributed by atoms with Gasteiger partial charge in [-0.1, -0.05) is 0 Å². The van der Waals surface area contributed by atoms with E-state index < -0.39 is 0 Å². The van der Waals surface area contributed by atoms with Gasteiger partial charge in [0.1, 0.15) is 11.8 Å². The van der Waals surface area contributed by atoms with Gasteiger partial charge in [-0.2, -0.15) is 5.26 Å². The minimum Gasteiger partial charge on any atom is -0.351 e. The van der Waals surface area contributed by atoms with Gasteiger partial charge in [0.05, 0.1) is 8.95 Å². The standard InChI is InChI=1S/C5H2Br2N2/c6-3-2-9-4(1-8)5(3)7/h2,9H. The first kappa shape index (κ1) is 6.84. The van der Waals surface area contributed by atoms with E-state index in [1.165, 1.54) is 0 Å². The molecule has 0 aliphatic heterocycles. The van der Waals surface area contributed by atoms with Gasteiger partial charge >= 0.3 is 0 Å². The summed E-state index contributed by atoms with van der Waals surface area (Å²) in [6.07, 6.45) is 1.71. The smallest absolute Gasteiger partial charge is 0.133 e. The molecule has 0 spiro atoms. The van der Waals surface area contributed by atoms with Gasteiger partial charge in [-0.05, 0) is 31.9 Å². The number of hydrogen-bond donors (Lipinski definition) is 1. The van der Waals surface area contributed by atoms with Gasteiger partial charge in [-0.3, -0.25) is 0 Å². The zero-order valence-corrected chi connectivity index (χ0v) is 7.45. The van der Waals surface area contributed by atoms with E-state index in [0.29, 0.717) is 5.69 Å². The summed E-state index contributed by atoms with van der Waals surface area (Å²) in [5.41, 5.74) is 0.543. The Morgan fingerprint density at radius 1 is 1.56 bits per heavy atom. The van der Waals surface area contributed by atoms with E-state index in [4.69, 9.17) is 5.26 Å². The fourth-order valence-electron chi connectivity index (χ4n) is 0.463. The number of nitriles is 1. The third-order valence-corrected chi connectivity index (χ3v) is 2.87. The molecule has 1 heterocycles. The number of hydrogen-bond acceptors (Lipinski definition) is 1. The third-order valence-electron chi connectivity index (χ3n) is 0.884. The molecule has 0 radical (unpaired) electrons. The van der Waals surface area contributed by atoms with Crippen molar-refractivity contribution < 1.29 is 0 Å². The molecule has 0 atom stereocenters. The van der Waals surface area contributed by atoms with Gasteiger partial charge in [0.2, 0.25) is 0 Å². The summed E-state index contributed by atoms with van der Waals surface area (Å²) in [6.45, 7) is 0. The molecule has 1 aromatic rings. The van der Waals surface area contributed by atoms with Crippen LogP contribution in [0.15, 0.2) is 15.1 Å². The minimum absolute atomic E-state index is 0.543. The average molecular weight is 250 g/mol. The number of nitrogens with zero attached hydrogens (tertiary/aromatic N) is 1. The highest BCUT2D eigenvalue weighted by molar-refractivity contribution is 9.13. The first-order valence-corrected chi connectivity index (χ1v) is 3.76. The molecule has 0 bridgehead atoms. The predicted molar refractivity (Wildman–Crippen MR) is 40.9 cm³/mol. The quantitative estimate of drug-likeness (QED) is 0.754. The molecule has 0 aliphatic rings. The summed E-state index contributed by atoms with van der Waals surface area (Å²) in [5.74, 6) is 0. The maximum Gasteiger partial charge on any atom is 0.133 e. The molecular formula is C5H2Br2N2. The van der Waals surface area contributed by atoms with E-state index in [0.717, 1.165) is 8.95 Å². The van der Waals surface area contributed by atoms with Crippen molar-refractivity contribution >= 4 is 31.9 Å². The lowest BCUT2D eigenvalue weighted by Crippen LogP contribution is -1.69. The molecule has 4 heteroatoms. The Kier molecular flexibility index (Phi) is 1.94. The monoisotopic (exact) mass is 248 g/mol. The maximum absolute atomic E-state index is 8.40. The van der Waals surface area contributed by atoms with Crippen molar-refractivity contribution in [1.29, 1.82) is 5.26 Å². The molecular weight excluding hydrogens is 248 g/mol. The molecule has 0 amide bonds. The van der Waals surface area contributed by atoms with Crippen molar-refractivity contribution in [3.05, 3.63) is 20.8 Å². The largest absolute Gasteiger partial charge is 0.351 e. The molecule has 0 saturated heterocycles. The van der Waals surface area contributed by atoms with Crippen LogP contribution in [0.1, 0.15) is 5.69 Å². The van der Waals surface area contributed by atoms with Crippen molar-refractivity contribution in [2.24, 2.45) is 0 Å². The molecule has 0 saturated carbocycles. The van der Waals surface area contributed by atoms with E-state index in [1.54, 1.807) is 6.20 Å². The van der Waals surface area contributed by atoms with Gasteiger partial charge in [0.15, 0.2) is 0 Å². The Hall–Kier alpha value is -0.270. The molecule has 0 fully saturated rings. The summed E-state index contributed by atoms with van der Waals surface area (Å²) in [7, 11) is 0. The number of aromatic amines is 1. The molecule has 0 aliphatic carbocycles. The van der Waals surface area contributed by atoms with Crippen LogP contribution in [0.25, 0.3) is 0 Å². The Morgan fingerprint density at radius 3 is 2.44 bits per heavy atom. The van der Waals surface area contributed by atoms with E-state index >= 15 is 0 Å². The average Bonchev–Trinajstić information content (AvgIpc) is 2.15. The van der Waals surface area contributed by atoms with Crippen LogP contribution in [0.4, 0.5) is 0 Å². The Bertz CT molecular complexity index is 258. The lowest BCUT2D eigenvalue weighted by Gasteiger charge is -1.80. The number of halogens is 2. The van der Waals surface area contributed by atoms with Crippen LogP contribution < -0.4 is 0 Å². The van der Waals surface area contributed by atoms with Crippen LogP contribution in [0.3, 0.4) is 0 Å². The van der Waals surface area contributed by atoms with E-state index in [9.17, 15) is 0 Å². The lowest BCUT2D eigenvalue weighted by atomic mass is 10.5. The zero-order valence-electron chi connectivity index (χ0n) is 4.28. The van der Waals surface area contributed by atoms with Crippen LogP contribution in [0.2, 0.25) is 0 Å². The molecule has 1 aromatic heterocycles. The third kappa shape index (κ3) is 1.17. The van der Waals surface area contributed by atoms with E-state index in [-0.39, 0.29) is 0 Å². The first-order chi connectivity index (χ1) is 4.25. The Balaban J connectivity index is 3.24. The summed E-state index contributed by atoms with van der Waals surface area (Å²) < 4.78 is 1.66. The van der Waals surface area contributed by atoms with Gasteiger partial charge < -0.3 is 4.98 Å². The molecule has 9 heavy (non-hydrogen) atoms. The van der Waals surface area contributed by atoms with E-state index in [1.807, 2.05) is 6.07 Å². The van der Waals surface area contributed by atoms with Crippen LogP contribution in [-0.4, -0.2) is 4.98 Å². The van der Waals surface area contributed by atoms with Crippen LogP contribution in [0.5, 0.6) is 0 Å². The molecule has 46 valence electrons. The first-order valence-electron chi connectivity index (χ1n) is 2.18. The second-order valence-corrected chi connectivity index (χ2v) is 3.08. The van der Waals surface area contributed by atoms with Gasteiger partial charge in [0.25, 0.3) is 0 Å². The van der Waals surface area contributed by atoms with Gasteiger partial charge in [-0.25, -0.2) is 0 Å². The Morgan fingerprint density at radius 2 is 2.22 bits per heavy atom. The van der Waals surface area contributed by atoms with Crippen LogP contribution >= 0.6 is 31.9 Å². The SMILES string of the molecule is N#Cc1[nH]cc(Br)c1Br. The highest BCUT2D eigenvalue weighted by atomic mass is 79.9. The zero-order chi connectivity index (χ0) is 6.85. The number of H-pyrrole nitrogens is 1. The van der Waals surface area contributed by atoms with Crippen molar-refractivity contribution in [3.63, 3.8) is 0 Å². The summed E-state index contributed by atoms with van der Waals surface area (Å²) in [5, 5.41) is 8.40. The maximum atomic E-state index is 8.40. The van der Waals surface area contributed by atoms with E-state index in [2.05, 4.69) is 36.8 Å². The molecule has 2 nitrogen and oxygen atoms in total. The number of nitrogens with one attached hydrogen (secondary N) is 1. The molecule has 0 aromatic carbocycles. The second-order valence-electron chi connectivity index (χ2n) is 1.44. The fraction of sp³-hybridized carbons (Fsp3) is 0. The van der Waals surface area contributed by atoms with Crippen molar-refractivity contribution in [2.75, 3.05) is 0 Å². The number of aromatic nitrogens is 1. The van der Waals surface area contributed by atoms with Crippen molar-refractivity contribution in [3.8, 4) is 6.07 Å². The number of rotatable bonds is 0. The second kappa shape index (κ2) is 2.54. The highest BCUT2D eigenvalue weighted by Crippen LogP contribution is 2.25. The summed E-state index contributed by atoms with van der Waals surface area (Å²) in [6, 6.07) is 1.98. The summed E-state index contributed by atoms with van der Waals surface area (Å²) >= 11 is 6.44. The molecule has 1 rings (SSSR count). The van der Waals surface area contributed by atoms with Crippen molar-refractivity contribution in [1.82, 2.24) is 4.98 Å². The highest BCUT2D eigenvalue weighted by Gasteiger charge is 2.02. The topological polar surface area (TPSA) is 39.6 Å². The van der Waals surface area contributed by atoms with Crippen LogP contribution in [-0.2, 0) is 0 Å². The van der Waals surface area contributed by atoms with Gasteiger partial charge in [-0.15, -0.1) is 0 Å². The van der Waals surface area contributed by atoms with Crippen molar-refractivity contribution in [2.45, 2.75) is 0 Å². The normalized spacial score (nSPS) is 9.00. The Labute approximate surface area is 69.1 Å². The summed E-state index contributed by atoms with van der Waals surface area (Å²) in [4.78, 5) is 2.77.